The van der Waals surface area contributed by atoms with Gasteiger partial charge in [0.2, 0.25) is 0 Å². The maximum absolute atomic E-state index is 4.39. The molecule has 1 fully saturated rings. The van der Waals surface area contributed by atoms with Crippen LogP contribution in [0.4, 0.5) is 5.82 Å². The molecule has 0 radical (unpaired) electrons. The van der Waals surface area contributed by atoms with Crippen molar-refractivity contribution in [2.75, 3.05) is 24.5 Å². The van der Waals surface area contributed by atoms with E-state index in [2.05, 4.69) is 45.5 Å². The summed E-state index contributed by atoms with van der Waals surface area (Å²) in [4.78, 5) is 2.35. The fraction of sp³-hybridized carbons (Fsp3) is 0.500. The lowest BCUT2D eigenvalue weighted by Gasteiger charge is -2.30. The molecule has 1 aliphatic rings. The average Bonchev–Trinajstić information content (AvgIpc) is 2.53. The Hall–Kier alpha value is -1.68. The Morgan fingerprint density at radius 2 is 2.20 bits per heavy atom. The monoisotopic (exact) mass is 270 g/mol. The minimum atomic E-state index is 0.574. The van der Waals surface area contributed by atoms with Crippen molar-refractivity contribution >= 4 is 16.6 Å². The maximum Gasteiger partial charge on any atom is 0.159 e. The zero-order valence-electron chi connectivity index (χ0n) is 12.0. The Bertz CT molecular complexity index is 558. The number of nitrogens with one attached hydrogen (secondary N) is 1. The minimum absolute atomic E-state index is 0.574. The van der Waals surface area contributed by atoms with Crippen LogP contribution in [0.5, 0.6) is 0 Å². The molecule has 0 amide bonds. The van der Waals surface area contributed by atoms with E-state index in [0.29, 0.717) is 6.04 Å². The van der Waals surface area contributed by atoms with Crippen LogP contribution in [-0.2, 0) is 0 Å². The predicted molar refractivity (Wildman–Crippen MR) is 83.1 cm³/mol. The van der Waals surface area contributed by atoms with Gasteiger partial charge in [-0.2, -0.15) is 5.10 Å². The lowest BCUT2D eigenvalue weighted by atomic mass is 10.0. The summed E-state index contributed by atoms with van der Waals surface area (Å²) in [6.45, 7) is 5.30. The molecule has 2 heterocycles. The predicted octanol–water partition coefficient (Wildman–Crippen LogP) is 2.60. The van der Waals surface area contributed by atoms with Crippen LogP contribution < -0.4 is 10.2 Å². The summed E-state index contributed by atoms with van der Waals surface area (Å²) in [6, 6.07) is 8.92. The van der Waals surface area contributed by atoms with E-state index in [1.54, 1.807) is 0 Å². The summed E-state index contributed by atoms with van der Waals surface area (Å²) < 4.78 is 0. The number of rotatable bonds is 4. The standard InChI is InChI=1S/C16H22N4/c1-2-20(12-14-8-5-6-10-17-14)16-15-9-4-3-7-13(15)11-18-19-16/h3-4,7,9,11,14,17H,2,5-6,8,10,12H2,1H3. The second-order valence-electron chi connectivity index (χ2n) is 5.44. The van der Waals surface area contributed by atoms with Crippen molar-refractivity contribution in [2.45, 2.75) is 32.2 Å². The molecule has 1 aromatic heterocycles. The molecule has 1 aromatic carbocycles. The topological polar surface area (TPSA) is 41.0 Å². The second kappa shape index (κ2) is 6.18. The summed E-state index contributed by atoms with van der Waals surface area (Å²) in [5.74, 6) is 1.01. The van der Waals surface area contributed by atoms with E-state index in [0.717, 1.165) is 30.8 Å². The largest absolute Gasteiger partial charge is 0.353 e. The van der Waals surface area contributed by atoms with Gasteiger partial charge >= 0.3 is 0 Å². The Labute approximate surface area is 120 Å². The lowest BCUT2D eigenvalue weighted by molar-refractivity contribution is 0.399. The van der Waals surface area contributed by atoms with Gasteiger partial charge in [0.05, 0.1) is 6.20 Å². The van der Waals surface area contributed by atoms with Gasteiger partial charge in [-0.25, -0.2) is 0 Å². The molecule has 0 saturated carbocycles. The van der Waals surface area contributed by atoms with E-state index < -0.39 is 0 Å². The van der Waals surface area contributed by atoms with Gasteiger partial charge in [0.15, 0.2) is 5.82 Å². The first-order valence-corrected chi connectivity index (χ1v) is 7.57. The molecule has 1 N–H and O–H groups in total. The molecular weight excluding hydrogens is 248 g/mol. The fourth-order valence-electron chi connectivity index (χ4n) is 2.96. The van der Waals surface area contributed by atoms with Gasteiger partial charge in [-0.15, -0.1) is 5.10 Å². The van der Waals surface area contributed by atoms with Crippen LogP contribution in [-0.4, -0.2) is 35.9 Å². The number of piperidine rings is 1. The third kappa shape index (κ3) is 2.75. The Morgan fingerprint density at radius 3 is 3.00 bits per heavy atom. The van der Waals surface area contributed by atoms with Gasteiger partial charge in [-0.3, -0.25) is 0 Å². The molecular formula is C16H22N4. The highest BCUT2D eigenvalue weighted by atomic mass is 15.3. The average molecular weight is 270 g/mol. The minimum Gasteiger partial charge on any atom is -0.353 e. The molecule has 0 spiro atoms. The SMILES string of the molecule is CCN(CC1CCCCN1)c1nncc2ccccc12. The summed E-state index contributed by atoms with van der Waals surface area (Å²) in [5, 5.41) is 14.5. The van der Waals surface area contributed by atoms with E-state index in [4.69, 9.17) is 0 Å². The van der Waals surface area contributed by atoms with Gasteiger partial charge in [0, 0.05) is 29.9 Å². The number of aromatic nitrogens is 2. The van der Waals surface area contributed by atoms with Gasteiger partial charge in [0.1, 0.15) is 0 Å². The lowest BCUT2D eigenvalue weighted by Crippen LogP contribution is -2.44. The van der Waals surface area contributed by atoms with Crippen LogP contribution in [0.15, 0.2) is 30.5 Å². The quantitative estimate of drug-likeness (QED) is 0.927. The van der Waals surface area contributed by atoms with E-state index in [9.17, 15) is 0 Å². The van der Waals surface area contributed by atoms with E-state index in [1.807, 2.05) is 12.3 Å². The van der Waals surface area contributed by atoms with Gasteiger partial charge in [-0.1, -0.05) is 30.7 Å². The highest BCUT2D eigenvalue weighted by molar-refractivity contribution is 5.91. The van der Waals surface area contributed by atoms with Crippen LogP contribution in [0.2, 0.25) is 0 Å². The van der Waals surface area contributed by atoms with Gasteiger partial charge in [0.25, 0.3) is 0 Å². The first kappa shape index (κ1) is 13.3. The molecule has 1 atom stereocenters. The number of benzene rings is 1. The molecule has 2 aromatic rings. The summed E-state index contributed by atoms with van der Waals surface area (Å²) in [5.41, 5.74) is 0. The first-order valence-electron chi connectivity index (χ1n) is 7.57. The molecule has 0 aliphatic carbocycles. The number of fused-ring (bicyclic) bond motifs is 1. The number of anilines is 1. The van der Waals surface area contributed by atoms with Crippen molar-refractivity contribution in [3.05, 3.63) is 30.5 Å². The second-order valence-corrected chi connectivity index (χ2v) is 5.44. The zero-order valence-corrected chi connectivity index (χ0v) is 12.0. The zero-order chi connectivity index (χ0) is 13.8. The van der Waals surface area contributed by atoms with E-state index in [-0.39, 0.29) is 0 Å². The van der Waals surface area contributed by atoms with Crippen LogP contribution in [0.3, 0.4) is 0 Å². The molecule has 20 heavy (non-hydrogen) atoms. The van der Waals surface area contributed by atoms with Crippen molar-refractivity contribution in [1.29, 1.82) is 0 Å². The van der Waals surface area contributed by atoms with Gasteiger partial charge < -0.3 is 10.2 Å². The maximum atomic E-state index is 4.39. The molecule has 106 valence electrons. The number of hydrogen-bond acceptors (Lipinski definition) is 4. The van der Waals surface area contributed by atoms with Crippen LogP contribution in [0.1, 0.15) is 26.2 Å². The third-order valence-electron chi connectivity index (χ3n) is 4.09. The molecule has 1 saturated heterocycles. The summed E-state index contributed by atoms with van der Waals surface area (Å²) >= 11 is 0. The molecule has 4 heteroatoms. The van der Waals surface area contributed by atoms with Crippen LogP contribution in [0.25, 0.3) is 10.8 Å². The fourth-order valence-corrected chi connectivity index (χ4v) is 2.96. The van der Waals surface area contributed by atoms with Crippen molar-refractivity contribution in [1.82, 2.24) is 15.5 Å². The third-order valence-corrected chi connectivity index (χ3v) is 4.09. The number of likely N-dealkylation sites (N-methyl/N-ethyl adjacent to an activating group) is 1. The summed E-state index contributed by atoms with van der Waals surface area (Å²) in [6.07, 6.45) is 5.73. The van der Waals surface area contributed by atoms with Gasteiger partial charge in [-0.05, 0) is 26.3 Å². The number of hydrogen-bond donors (Lipinski definition) is 1. The smallest absolute Gasteiger partial charge is 0.159 e. The van der Waals surface area contributed by atoms with Crippen molar-refractivity contribution < 1.29 is 0 Å². The Morgan fingerprint density at radius 1 is 1.30 bits per heavy atom. The Balaban J connectivity index is 1.86. The molecule has 3 rings (SSSR count). The molecule has 1 unspecified atom stereocenters. The van der Waals surface area contributed by atoms with E-state index >= 15 is 0 Å². The van der Waals surface area contributed by atoms with Crippen molar-refractivity contribution in [3.8, 4) is 0 Å². The summed E-state index contributed by atoms with van der Waals surface area (Å²) in [7, 11) is 0. The normalized spacial score (nSPS) is 19.1. The highest BCUT2D eigenvalue weighted by Crippen LogP contribution is 2.23. The first-order chi connectivity index (χ1) is 9.88. The highest BCUT2D eigenvalue weighted by Gasteiger charge is 2.18. The van der Waals surface area contributed by atoms with Crippen LogP contribution in [0, 0.1) is 0 Å². The van der Waals surface area contributed by atoms with Crippen molar-refractivity contribution in [3.63, 3.8) is 0 Å². The van der Waals surface area contributed by atoms with Crippen LogP contribution >= 0.6 is 0 Å². The molecule has 1 aliphatic heterocycles. The molecule has 0 bridgehead atoms. The van der Waals surface area contributed by atoms with Crippen molar-refractivity contribution in [2.24, 2.45) is 0 Å². The molecule has 4 nitrogen and oxygen atoms in total. The van der Waals surface area contributed by atoms with E-state index in [1.165, 1.54) is 24.6 Å². The number of nitrogens with zero attached hydrogens (tertiary/aromatic N) is 3. The Kier molecular flexibility index (Phi) is 4.11.